The van der Waals surface area contributed by atoms with E-state index in [2.05, 4.69) is 0 Å². The smallest absolute Gasteiger partial charge is 0.277 e. The molecule has 0 spiro atoms. The summed E-state index contributed by atoms with van der Waals surface area (Å²) in [5.41, 5.74) is -1.42. The van der Waals surface area contributed by atoms with Crippen molar-refractivity contribution in [1.82, 2.24) is 0 Å². The molecule has 96 valence electrons. The van der Waals surface area contributed by atoms with Crippen molar-refractivity contribution in [3.63, 3.8) is 0 Å². The quantitative estimate of drug-likeness (QED) is 0.434. The maximum atomic E-state index is 12.1. The van der Waals surface area contributed by atoms with Crippen molar-refractivity contribution in [1.29, 1.82) is 0 Å². The predicted octanol–water partition coefficient (Wildman–Crippen LogP) is 2.07. The fourth-order valence-corrected chi connectivity index (χ4v) is 1.89. The van der Waals surface area contributed by atoms with E-state index in [4.69, 9.17) is 0 Å². The van der Waals surface area contributed by atoms with Crippen LogP contribution in [0.2, 0.25) is 0 Å². The number of Topliss-reactive ketones (excluding diaryl/α,β-unsaturated/α-hetero) is 1. The summed E-state index contributed by atoms with van der Waals surface area (Å²) in [5.74, 6) is -0.375. The van der Waals surface area contributed by atoms with Crippen LogP contribution in [0.1, 0.15) is 20.8 Å². The third kappa shape index (κ3) is 2.61. The molecular weight excluding hydrogens is 234 g/mol. The van der Waals surface area contributed by atoms with E-state index in [9.17, 15) is 19.7 Å². The standard InChI is InChI=1S/C13H15NO4/c1-9(2)12(16)13(3)6-4-5-10(8-15)11(7-13)14(17)18/h4-9H,1-3H3. The van der Waals surface area contributed by atoms with Crippen molar-refractivity contribution >= 4 is 12.1 Å². The molecule has 0 aromatic heterocycles. The fourth-order valence-electron chi connectivity index (χ4n) is 1.89. The van der Waals surface area contributed by atoms with Gasteiger partial charge in [0.05, 0.1) is 15.9 Å². The summed E-state index contributed by atoms with van der Waals surface area (Å²) >= 11 is 0. The van der Waals surface area contributed by atoms with Crippen molar-refractivity contribution < 1.29 is 14.5 Å². The summed E-state index contributed by atoms with van der Waals surface area (Å²) in [7, 11) is 0. The molecule has 0 aromatic rings. The molecule has 0 radical (unpaired) electrons. The molecule has 5 heteroatoms. The number of allylic oxidation sites excluding steroid dienone is 5. The second-order valence-corrected chi connectivity index (χ2v) is 4.69. The summed E-state index contributed by atoms with van der Waals surface area (Å²) in [6.45, 7) is 5.08. The van der Waals surface area contributed by atoms with Crippen molar-refractivity contribution in [3.05, 3.63) is 45.7 Å². The first kappa shape index (κ1) is 14.0. The minimum atomic E-state index is -1.06. The van der Waals surface area contributed by atoms with Gasteiger partial charge in [-0.2, -0.15) is 0 Å². The van der Waals surface area contributed by atoms with Gasteiger partial charge in [0.15, 0.2) is 6.29 Å². The van der Waals surface area contributed by atoms with Gasteiger partial charge < -0.3 is 0 Å². The Balaban J connectivity index is 3.35. The molecule has 18 heavy (non-hydrogen) atoms. The van der Waals surface area contributed by atoms with Crippen molar-refractivity contribution in [2.75, 3.05) is 0 Å². The van der Waals surface area contributed by atoms with E-state index >= 15 is 0 Å². The first-order valence-corrected chi connectivity index (χ1v) is 5.58. The minimum Gasteiger partial charge on any atom is -0.298 e. The zero-order valence-corrected chi connectivity index (χ0v) is 10.5. The molecular formula is C13H15NO4. The molecule has 1 aliphatic rings. The lowest BCUT2D eigenvalue weighted by Gasteiger charge is -2.21. The highest BCUT2D eigenvalue weighted by Crippen LogP contribution is 2.31. The first-order chi connectivity index (χ1) is 8.31. The van der Waals surface area contributed by atoms with Crippen LogP contribution in [0.25, 0.3) is 0 Å². The average molecular weight is 249 g/mol. The van der Waals surface area contributed by atoms with Crippen LogP contribution in [-0.4, -0.2) is 17.0 Å². The number of carbonyl (C=O) groups is 2. The summed E-state index contributed by atoms with van der Waals surface area (Å²) in [4.78, 5) is 33.2. The highest BCUT2D eigenvalue weighted by Gasteiger charge is 2.35. The number of aldehydes is 1. The number of hydrogen-bond donors (Lipinski definition) is 0. The van der Waals surface area contributed by atoms with Gasteiger partial charge in [-0.25, -0.2) is 0 Å². The molecule has 0 aliphatic heterocycles. The van der Waals surface area contributed by atoms with E-state index in [0.717, 1.165) is 0 Å². The molecule has 1 unspecified atom stereocenters. The van der Waals surface area contributed by atoms with E-state index in [-0.39, 0.29) is 23.0 Å². The lowest BCUT2D eigenvalue weighted by molar-refractivity contribution is -0.420. The number of ketones is 1. The van der Waals surface area contributed by atoms with Crippen LogP contribution >= 0.6 is 0 Å². The van der Waals surface area contributed by atoms with Gasteiger partial charge in [0.1, 0.15) is 5.78 Å². The monoisotopic (exact) mass is 249 g/mol. The van der Waals surface area contributed by atoms with E-state index < -0.39 is 10.3 Å². The molecule has 0 saturated carbocycles. The van der Waals surface area contributed by atoms with Crippen molar-refractivity contribution in [2.45, 2.75) is 20.8 Å². The van der Waals surface area contributed by atoms with Crippen LogP contribution in [0.3, 0.4) is 0 Å². The van der Waals surface area contributed by atoms with Crippen molar-refractivity contribution in [3.8, 4) is 0 Å². The largest absolute Gasteiger partial charge is 0.298 e. The van der Waals surface area contributed by atoms with Crippen LogP contribution in [0.5, 0.6) is 0 Å². The van der Waals surface area contributed by atoms with Gasteiger partial charge in [-0.3, -0.25) is 19.7 Å². The molecule has 0 aromatic carbocycles. The molecule has 0 fully saturated rings. The SMILES string of the molecule is CC(C)C(=O)C1(C)C=CC=C(C=O)C([N+](=O)[O-])=C1. The molecule has 1 aliphatic carbocycles. The van der Waals surface area contributed by atoms with E-state index in [0.29, 0.717) is 6.29 Å². The van der Waals surface area contributed by atoms with E-state index in [1.807, 2.05) is 0 Å². The maximum absolute atomic E-state index is 12.1. The second kappa shape index (κ2) is 5.08. The van der Waals surface area contributed by atoms with Crippen LogP contribution in [0, 0.1) is 21.4 Å². The number of rotatable bonds is 4. The van der Waals surface area contributed by atoms with Crippen LogP contribution in [0.4, 0.5) is 0 Å². The normalized spacial score (nSPS) is 23.1. The fraction of sp³-hybridized carbons (Fsp3) is 0.385. The van der Waals surface area contributed by atoms with Crippen LogP contribution < -0.4 is 0 Å². The molecule has 1 atom stereocenters. The van der Waals surface area contributed by atoms with Crippen LogP contribution in [0.15, 0.2) is 35.6 Å². The number of nitro groups is 1. The Bertz CT molecular complexity index is 485. The molecule has 0 N–H and O–H groups in total. The van der Waals surface area contributed by atoms with Gasteiger partial charge in [-0.15, -0.1) is 0 Å². The number of nitrogens with zero attached hydrogens (tertiary/aromatic N) is 1. The van der Waals surface area contributed by atoms with Gasteiger partial charge in [0.2, 0.25) is 0 Å². The number of carbonyl (C=O) groups excluding carboxylic acids is 2. The Labute approximate surface area is 105 Å². The molecule has 0 saturated heterocycles. The number of hydrogen-bond acceptors (Lipinski definition) is 4. The zero-order valence-electron chi connectivity index (χ0n) is 10.5. The second-order valence-electron chi connectivity index (χ2n) is 4.69. The molecule has 0 amide bonds. The molecule has 0 heterocycles. The summed E-state index contributed by atoms with van der Waals surface area (Å²) in [6, 6.07) is 0. The summed E-state index contributed by atoms with van der Waals surface area (Å²) < 4.78 is 0. The lowest BCUT2D eigenvalue weighted by atomic mass is 9.79. The molecule has 5 nitrogen and oxygen atoms in total. The Morgan fingerprint density at radius 2 is 2.11 bits per heavy atom. The highest BCUT2D eigenvalue weighted by atomic mass is 16.6. The summed E-state index contributed by atoms with van der Waals surface area (Å²) in [6.07, 6.45) is 6.11. The Morgan fingerprint density at radius 3 is 2.56 bits per heavy atom. The van der Waals surface area contributed by atoms with E-state index in [1.54, 1.807) is 26.8 Å². The third-order valence-corrected chi connectivity index (χ3v) is 2.83. The van der Waals surface area contributed by atoms with Crippen LogP contribution in [-0.2, 0) is 9.59 Å². The van der Waals surface area contributed by atoms with Gasteiger partial charge in [-0.1, -0.05) is 26.0 Å². The van der Waals surface area contributed by atoms with Gasteiger partial charge >= 0.3 is 0 Å². The van der Waals surface area contributed by atoms with E-state index in [1.165, 1.54) is 18.2 Å². The van der Waals surface area contributed by atoms with Crippen molar-refractivity contribution in [2.24, 2.45) is 11.3 Å². The van der Waals surface area contributed by atoms with Gasteiger partial charge in [0, 0.05) is 12.0 Å². The first-order valence-electron chi connectivity index (χ1n) is 5.58. The molecule has 1 rings (SSSR count). The minimum absolute atomic E-state index is 0.0310. The Morgan fingerprint density at radius 1 is 1.50 bits per heavy atom. The maximum Gasteiger partial charge on any atom is 0.277 e. The zero-order chi connectivity index (χ0) is 13.9. The van der Waals surface area contributed by atoms with Gasteiger partial charge in [0.25, 0.3) is 5.70 Å². The van der Waals surface area contributed by atoms with Gasteiger partial charge in [-0.05, 0) is 13.0 Å². The highest BCUT2D eigenvalue weighted by molar-refractivity contribution is 5.91. The predicted molar refractivity (Wildman–Crippen MR) is 66.3 cm³/mol. The Kier molecular flexibility index (Phi) is 3.96. The third-order valence-electron chi connectivity index (χ3n) is 2.83. The summed E-state index contributed by atoms with van der Waals surface area (Å²) in [5, 5.41) is 11.0. The topological polar surface area (TPSA) is 77.3 Å². The lowest BCUT2D eigenvalue weighted by Crippen LogP contribution is -2.28. The molecule has 0 bridgehead atoms. The average Bonchev–Trinajstić information content (AvgIpc) is 2.47. The Hall–Kier alpha value is -2.04.